The quantitative estimate of drug-likeness (QED) is 0.0866. The molecule has 3 aliphatic rings. The number of nitrogens with zero attached hydrogens (tertiary/aromatic N) is 3. The van der Waals surface area contributed by atoms with Crippen LogP contribution in [0.4, 0.5) is 13.6 Å². The van der Waals surface area contributed by atoms with Gasteiger partial charge in [-0.05, 0) is 39.2 Å². The Morgan fingerprint density at radius 1 is 1.00 bits per heavy atom. The summed E-state index contributed by atoms with van der Waals surface area (Å²) in [5, 5.41) is 6.74. The summed E-state index contributed by atoms with van der Waals surface area (Å²) in [6.07, 6.45) is 16.0. The Morgan fingerprint density at radius 3 is 2.33 bits per heavy atom. The standard InChI is InChI=1S/C40H54F2N4O8/c1-4-5-6-7-8-9-10-11-12-13-14-15-20-51-39(50)53-26-52-36-34-38(49)45-25-33(40(19-18-28(45)3)22-27(2)44-54-40)46(34)24-31(35(36)47)37(48)43-23-29-16-17-30(41)21-32(29)42/h16-17,21,24,28,33H,4-15,18-20,22-23,25-26H2,1-3H3,(H,43,48)/t28-,33+,40-/m0/s1. The van der Waals surface area contributed by atoms with Gasteiger partial charge >= 0.3 is 6.16 Å². The monoisotopic (exact) mass is 756 g/mol. The first-order valence-electron chi connectivity index (χ1n) is 19.5. The van der Waals surface area contributed by atoms with Gasteiger partial charge in [0.1, 0.15) is 17.2 Å². The van der Waals surface area contributed by atoms with Gasteiger partial charge in [0.05, 0.1) is 18.4 Å². The second-order valence-electron chi connectivity index (χ2n) is 14.8. The van der Waals surface area contributed by atoms with E-state index < -0.39 is 64.8 Å². The number of fused-ring (bicyclic) bond motifs is 5. The summed E-state index contributed by atoms with van der Waals surface area (Å²) in [6, 6.07) is 2.17. The van der Waals surface area contributed by atoms with Crippen LogP contribution in [-0.2, 0) is 20.9 Å². The highest BCUT2D eigenvalue weighted by Gasteiger charge is 2.54. The minimum Gasteiger partial charge on any atom is -0.451 e. The average molecular weight is 757 g/mol. The molecule has 0 saturated carbocycles. The van der Waals surface area contributed by atoms with E-state index in [1.807, 2.05) is 13.8 Å². The Hall–Kier alpha value is -4.49. The molecule has 1 aromatic heterocycles. The van der Waals surface area contributed by atoms with Gasteiger partial charge in [-0.1, -0.05) is 88.8 Å². The number of carbonyl (C=O) groups excluding carboxylic acids is 3. The van der Waals surface area contributed by atoms with Crippen molar-refractivity contribution in [2.45, 2.75) is 141 Å². The Labute approximate surface area is 315 Å². The summed E-state index contributed by atoms with van der Waals surface area (Å²) in [4.78, 5) is 61.7. The Kier molecular flexibility index (Phi) is 14.5. The summed E-state index contributed by atoms with van der Waals surface area (Å²) in [5.74, 6) is -3.49. The van der Waals surface area contributed by atoms with E-state index in [0.29, 0.717) is 31.7 Å². The van der Waals surface area contributed by atoms with Crippen molar-refractivity contribution in [3.8, 4) is 5.75 Å². The molecule has 0 radical (unpaired) electrons. The van der Waals surface area contributed by atoms with Crippen molar-refractivity contribution in [1.29, 1.82) is 0 Å². The molecule has 296 valence electrons. The van der Waals surface area contributed by atoms with E-state index >= 15 is 0 Å². The third-order valence-corrected chi connectivity index (χ3v) is 10.7. The Bertz CT molecular complexity index is 1730. The molecular formula is C40H54F2N4O8. The summed E-state index contributed by atoms with van der Waals surface area (Å²) in [7, 11) is 0. The zero-order valence-corrected chi connectivity index (χ0v) is 31.8. The molecule has 3 atom stereocenters. The van der Waals surface area contributed by atoms with Gasteiger partial charge < -0.3 is 33.8 Å². The number of benzene rings is 1. The highest BCUT2D eigenvalue weighted by Crippen LogP contribution is 2.46. The van der Waals surface area contributed by atoms with Crippen molar-refractivity contribution < 1.29 is 42.2 Å². The lowest BCUT2D eigenvalue weighted by Gasteiger charge is -2.42. The first-order chi connectivity index (χ1) is 26.0. The molecule has 1 fully saturated rings. The molecule has 5 rings (SSSR count). The van der Waals surface area contributed by atoms with E-state index in [9.17, 15) is 28.0 Å². The van der Waals surface area contributed by atoms with Gasteiger partial charge in [0, 0.05) is 43.4 Å². The fourth-order valence-electron chi connectivity index (χ4n) is 7.62. The summed E-state index contributed by atoms with van der Waals surface area (Å²) >= 11 is 0. The summed E-state index contributed by atoms with van der Waals surface area (Å²) in [6.45, 7) is 5.26. The zero-order chi connectivity index (χ0) is 38.7. The molecule has 1 N–H and O–H groups in total. The number of hydrogen-bond donors (Lipinski definition) is 1. The van der Waals surface area contributed by atoms with Crippen molar-refractivity contribution in [3.63, 3.8) is 0 Å². The molecule has 1 saturated heterocycles. The van der Waals surface area contributed by atoms with E-state index in [1.165, 1.54) is 68.2 Å². The molecule has 54 heavy (non-hydrogen) atoms. The average Bonchev–Trinajstić information content (AvgIpc) is 3.48. The number of unbranched alkanes of at least 4 members (excludes halogenated alkanes) is 11. The molecule has 2 amide bonds. The molecule has 14 heteroatoms. The number of rotatable bonds is 19. The fourth-order valence-corrected chi connectivity index (χ4v) is 7.62. The minimum absolute atomic E-state index is 0.00389. The van der Waals surface area contributed by atoms with Crippen LogP contribution in [0.3, 0.4) is 0 Å². The van der Waals surface area contributed by atoms with Crippen molar-refractivity contribution in [2.24, 2.45) is 5.16 Å². The van der Waals surface area contributed by atoms with Crippen molar-refractivity contribution in [3.05, 3.63) is 63.1 Å². The van der Waals surface area contributed by atoms with Gasteiger partial charge in [-0.15, -0.1) is 0 Å². The molecule has 2 aromatic rings. The number of ether oxygens (including phenoxy) is 3. The summed E-state index contributed by atoms with van der Waals surface area (Å²) in [5.41, 5.74) is -1.54. The number of nitrogens with one attached hydrogen (secondary N) is 1. The molecule has 3 aliphatic heterocycles. The first kappa shape index (κ1) is 40.7. The highest BCUT2D eigenvalue weighted by atomic mass is 19.1. The van der Waals surface area contributed by atoms with Crippen LogP contribution in [-0.4, -0.2) is 64.7 Å². The molecule has 0 unspecified atom stereocenters. The number of pyridine rings is 1. The highest BCUT2D eigenvalue weighted by molar-refractivity contribution is 5.99. The van der Waals surface area contributed by atoms with Crippen LogP contribution in [0.1, 0.15) is 150 Å². The predicted molar refractivity (Wildman–Crippen MR) is 198 cm³/mol. The number of carbonyl (C=O) groups is 3. The fraction of sp³-hybridized carbons (Fsp3) is 0.625. The molecule has 0 aliphatic carbocycles. The van der Waals surface area contributed by atoms with Gasteiger partial charge in [-0.25, -0.2) is 13.6 Å². The van der Waals surface area contributed by atoms with Crippen LogP contribution < -0.4 is 15.5 Å². The number of hydrogen-bond acceptors (Lipinski definition) is 9. The van der Waals surface area contributed by atoms with Gasteiger partial charge in [0.15, 0.2) is 11.3 Å². The van der Waals surface area contributed by atoms with Crippen molar-refractivity contribution in [1.82, 2.24) is 14.8 Å². The first-order valence-corrected chi connectivity index (χ1v) is 19.5. The number of aromatic nitrogens is 1. The minimum atomic E-state index is -0.995. The normalized spacial score (nSPS) is 20.2. The third-order valence-electron chi connectivity index (χ3n) is 10.7. The second-order valence-corrected chi connectivity index (χ2v) is 14.8. The number of oxime groups is 1. The lowest BCUT2D eigenvalue weighted by molar-refractivity contribution is -0.0658. The van der Waals surface area contributed by atoms with Gasteiger partial charge in [-0.3, -0.25) is 14.4 Å². The molecular weight excluding hydrogens is 702 g/mol. The maximum Gasteiger partial charge on any atom is 0.511 e. The maximum absolute atomic E-state index is 14.4. The van der Waals surface area contributed by atoms with E-state index in [-0.39, 0.29) is 37.0 Å². The van der Waals surface area contributed by atoms with Gasteiger partial charge in [0.2, 0.25) is 18.0 Å². The lowest BCUT2D eigenvalue weighted by atomic mass is 9.84. The number of amides is 2. The van der Waals surface area contributed by atoms with E-state index in [1.54, 1.807) is 4.90 Å². The van der Waals surface area contributed by atoms with Crippen LogP contribution >= 0.6 is 0 Å². The van der Waals surface area contributed by atoms with Crippen molar-refractivity contribution >= 4 is 23.7 Å². The molecule has 1 aromatic carbocycles. The molecule has 12 nitrogen and oxygen atoms in total. The third kappa shape index (κ3) is 9.97. The molecule has 4 heterocycles. The Balaban J connectivity index is 1.24. The van der Waals surface area contributed by atoms with Crippen LogP contribution in [0, 0.1) is 11.6 Å². The van der Waals surface area contributed by atoms with E-state index in [2.05, 4.69) is 17.4 Å². The smallest absolute Gasteiger partial charge is 0.451 e. The predicted octanol–water partition coefficient (Wildman–Crippen LogP) is 7.96. The van der Waals surface area contributed by atoms with Crippen LogP contribution in [0.25, 0.3) is 0 Å². The summed E-state index contributed by atoms with van der Waals surface area (Å²) < 4.78 is 45.4. The number of halogens is 2. The van der Waals surface area contributed by atoms with Crippen molar-refractivity contribution in [2.75, 3.05) is 19.9 Å². The topological polar surface area (TPSA) is 138 Å². The molecule has 2 bridgehead atoms. The van der Waals surface area contributed by atoms with Crippen LogP contribution in [0.5, 0.6) is 5.75 Å². The largest absolute Gasteiger partial charge is 0.511 e. The van der Waals surface area contributed by atoms with Gasteiger partial charge in [-0.2, -0.15) is 0 Å². The lowest BCUT2D eigenvalue weighted by Crippen LogP contribution is -2.52. The van der Waals surface area contributed by atoms with Crippen LogP contribution in [0.2, 0.25) is 0 Å². The Morgan fingerprint density at radius 2 is 1.69 bits per heavy atom. The van der Waals surface area contributed by atoms with Crippen LogP contribution in [0.15, 0.2) is 34.3 Å². The SMILES string of the molecule is CCCCCCCCCCCCCCOC(=O)OCOc1c2n(cc(C(=O)NCc3ccc(F)cc3F)c1=O)[C@@H]1CN(C2=O)[C@@H](C)CC[C@]12CC(C)=NO2. The van der Waals surface area contributed by atoms with Gasteiger partial charge in [0.25, 0.3) is 11.8 Å². The van der Waals surface area contributed by atoms with E-state index in [0.717, 1.165) is 31.0 Å². The zero-order valence-electron chi connectivity index (χ0n) is 31.8. The maximum atomic E-state index is 14.4. The second kappa shape index (κ2) is 19.2. The van der Waals surface area contributed by atoms with E-state index in [4.69, 9.17) is 19.0 Å². The molecule has 1 spiro atoms.